The maximum absolute atomic E-state index is 6.31. The molecular weight excluding hydrogens is 306 g/mol. The number of nitrogens with zero attached hydrogens (tertiary/aromatic N) is 2. The molecule has 0 radical (unpaired) electrons. The van der Waals surface area contributed by atoms with E-state index in [1.54, 1.807) is 0 Å². The lowest BCUT2D eigenvalue weighted by Gasteiger charge is -2.11. The Morgan fingerprint density at radius 2 is 1.95 bits per heavy atom. The van der Waals surface area contributed by atoms with E-state index in [2.05, 4.69) is 22.2 Å². The number of rotatable bonds is 6. The molecule has 0 aliphatic heterocycles. The zero-order chi connectivity index (χ0) is 15.2. The Hall–Kier alpha value is -1.50. The number of hydrogen-bond donors (Lipinski definition) is 3. The van der Waals surface area contributed by atoms with E-state index in [0.717, 1.165) is 30.0 Å². The van der Waals surface area contributed by atoms with Crippen LogP contribution in [0.1, 0.15) is 18.9 Å². The van der Waals surface area contributed by atoms with Gasteiger partial charge in [0.2, 0.25) is 0 Å². The van der Waals surface area contributed by atoms with E-state index in [0.29, 0.717) is 21.8 Å². The molecule has 0 aliphatic carbocycles. The first-order chi connectivity index (χ1) is 10.1. The molecule has 0 saturated heterocycles. The first-order valence-corrected chi connectivity index (χ1v) is 7.85. The van der Waals surface area contributed by atoms with Crippen molar-refractivity contribution in [3.8, 4) is 0 Å². The Morgan fingerprint density at radius 1 is 1.24 bits per heavy atom. The van der Waals surface area contributed by atoms with E-state index in [4.69, 9.17) is 23.1 Å². The molecule has 2 aromatic rings. The van der Waals surface area contributed by atoms with Crippen molar-refractivity contribution in [2.24, 2.45) is 0 Å². The Labute approximate surface area is 133 Å². The van der Waals surface area contributed by atoms with Crippen molar-refractivity contribution in [3.63, 3.8) is 0 Å². The van der Waals surface area contributed by atoms with E-state index >= 15 is 0 Å². The highest BCUT2D eigenvalue weighted by atomic mass is 35.5. The van der Waals surface area contributed by atoms with Gasteiger partial charge in [-0.25, -0.2) is 9.97 Å². The predicted molar refractivity (Wildman–Crippen MR) is 88.4 cm³/mol. The Balaban J connectivity index is 2.25. The van der Waals surface area contributed by atoms with E-state index in [1.165, 1.54) is 17.8 Å². The highest BCUT2D eigenvalue weighted by Crippen LogP contribution is 2.35. The fourth-order valence-corrected chi connectivity index (χ4v) is 3.04. The molecule has 1 heterocycles. The van der Waals surface area contributed by atoms with E-state index < -0.39 is 0 Å². The van der Waals surface area contributed by atoms with Gasteiger partial charge in [-0.1, -0.05) is 30.7 Å². The Morgan fingerprint density at radius 3 is 2.62 bits per heavy atom. The summed E-state index contributed by atoms with van der Waals surface area (Å²) in [6, 6.07) is 7.35. The first kappa shape index (κ1) is 15.9. The van der Waals surface area contributed by atoms with Gasteiger partial charge in [-0.05, 0) is 36.4 Å². The molecule has 5 nitrogen and oxygen atoms in total. The summed E-state index contributed by atoms with van der Waals surface area (Å²) in [4.78, 5) is 9.28. The molecular formula is C14H18ClN5S. The van der Waals surface area contributed by atoms with Gasteiger partial charge in [0.1, 0.15) is 11.6 Å². The van der Waals surface area contributed by atoms with E-state index in [-0.39, 0.29) is 0 Å². The molecule has 0 spiro atoms. The molecule has 112 valence electrons. The molecule has 1 aromatic heterocycles. The molecule has 5 N–H and O–H groups in total. The van der Waals surface area contributed by atoms with E-state index in [1.807, 2.05) is 18.2 Å². The van der Waals surface area contributed by atoms with Gasteiger partial charge in [0.05, 0.1) is 5.02 Å². The maximum atomic E-state index is 6.31. The topological polar surface area (TPSA) is 89.8 Å². The fourth-order valence-electron chi connectivity index (χ4n) is 1.81. The van der Waals surface area contributed by atoms with Crippen molar-refractivity contribution in [2.75, 3.05) is 18.0 Å². The molecule has 1 aromatic carbocycles. The third-order valence-corrected chi connectivity index (χ3v) is 4.21. The summed E-state index contributed by atoms with van der Waals surface area (Å²) in [5.74, 6) is 0.699. The highest BCUT2D eigenvalue weighted by Gasteiger charge is 2.11. The van der Waals surface area contributed by atoms with Crippen LogP contribution in [0.15, 0.2) is 34.3 Å². The highest BCUT2D eigenvalue weighted by molar-refractivity contribution is 7.99. The molecule has 0 atom stereocenters. The van der Waals surface area contributed by atoms with Crippen LogP contribution in [0.3, 0.4) is 0 Å². The quantitative estimate of drug-likeness (QED) is 0.559. The lowest BCUT2D eigenvalue weighted by atomic mass is 10.2. The van der Waals surface area contributed by atoms with Gasteiger partial charge < -0.3 is 16.8 Å². The molecule has 2 rings (SSSR count). The molecule has 7 heteroatoms. The monoisotopic (exact) mass is 323 g/mol. The standard InChI is InChI=1S/C14H18ClN5S/c1-2-6-18-8-9-4-3-5-10(15)13(9)21-14-19-11(16)7-12(17)20-14/h3-5,7,18H,2,6,8H2,1H3,(H4,16,17,19,20). The number of nitrogen functional groups attached to an aromatic ring is 2. The SMILES string of the molecule is CCCNCc1cccc(Cl)c1Sc1nc(N)cc(N)n1. The van der Waals surface area contributed by atoms with Gasteiger partial charge in [-0.3, -0.25) is 0 Å². The van der Waals surface area contributed by atoms with Crippen LogP contribution in [-0.2, 0) is 6.54 Å². The normalized spacial score (nSPS) is 10.8. The Kier molecular flexibility index (Phi) is 5.67. The molecule has 0 bridgehead atoms. The second-order valence-electron chi connectivity index (χ2n) is 4.51. The van der Waals surface area contributed by atoms with Crippen molar-refractivity contribution < 1.29 is 0 Å². The minimum absolute atomic E-state index is 0.350. The average molecular weight is 324 g/mol. The third-order valence-electron chi connectivity index (χ3n) is 2.73. The lowest BCUT2D eigenvalue weighted by Crippen LogP contribution is -2.14. The molecule has 21 heavy (non-hydrogen) atoms. The minimum Gasteiger partial charge on any atom is -0.383 e. The number of hydrogen-bond acceptors (Lipinski definition) is 6. The summed E-state index contributed by atoms with van der Waals surface area (Å²) in [6.45, 7) is 3.83. The molecule has 0 unspecified atom stereocenters. The lowest BCUT2D eigenvalue weighted by molar-refractivity contribution is 0.669. The van der Waals surface area contributed by atoms with Crippen LogP contribution in [0, 0.1) is 0 Å². The summed E-state index contributed by atoms with van der Waals surface area (Å²) < 4.78 is 0. The zero-order valence-electron chi connectivity index (χ0n) is 11.8. The predicted octanol–water partition coefficient (Wildman–Crippen LogP) is 2.95. The summed E-state index contributed by atoms with van der Waals surface area (Å²) in [5, 5.41) is 4.53. The van der Waals surface area contributed by atoms with Crippen LogP contribution in [0.5, 0.6) is 0 Å². The van der Waals surface area contributed by atoms with Gasteiger partial charge in [0.15, 0.2) is 5.16 Å². The second kappa shape index (κ2) is 7.49. The van der Waals surface area contributed by atoms with Crippen LogP contribution in [0.4, 0.5) is 11.6 Å². The van der Waals surface area contributed by atoms with Crippen molar-refractivity contribution in [1.82, 2.24) is 15.3 Å². The van der Waals surface area contributed by atoms with Crippen molar-refractivity contribution in [1.29, 1.82) is 0 Å². The number of halogens is 1. The molecule has 0 fully saturated rings. The van der Waals surface area contributed by atoms with Crippen LogP contribution in [0.25, 0.3) is 0 Å². The van der Waals surface area contributed by atoms with Crippen molar-refractivity contribution in [2.45, 2.75) is 29.9 Å². The Bertz CT molecular complexity index is 600. The van der Waals surface area contributed by atoms with Gasteiger partial charge in [-0.15, -0.1) is 0 Å². The number of nitrogens with one attached hydrogen (secondary N) is 1. The maximum Gasteiger partial charge on any atom is 0.196 e. The van der Waals surface area contributed by atoms with Crippen molar-refractivity contribution >= 4 is 35.0 Å². The molecule has 0 aliphatic rings. The van der Waals surface area contributed by atoms with Crippen molar-refractivity contribution in [3.05, 3.63) is 34.9 Å². The number of benzene rings is 1. The summed E-state index contributed by atoms with van der Waals surface area (Å²) in [7, 11) is 0. The smallest absolute Gasteiger partial charge is 0.196 e. The molecule has 0 saturated carbocycles. The second-order valence-corrected chi connectivity index (χ2v) is 5.89. The minimum atomic E-state index is 0.350. The van der Waals surface area contributed by atoms with Crippen LogP contribution in [-0.4, -0.2) is 16.5 Å². The van der Waals surface area contributed by atoms with Gasteiger partial charge >= 0.3 is 0 Å². The average Bonchev–Trinajstić information content (AvgIpc) is 2.41. The number of aromatic nitrogens is 2. The summed E-state index contributed by atoms with van der Waals surface area (Å²) in [5.41, 5.74) is 12.5. The van der Waals surface area contributed by atoms with E-state index in [9.17, 15) is 0 Å². The summed E-state index contributed by atoms with van der Waals surface area (Å²) in [6.07, 6.45) is 1.08. The number of nitrogens with two attached hydrogens (primary N) is 2. The zero-order valence-corrected chi connectivity index (χ0v) is 13.3. The summed E-state index contributed by atoms with van der Waals surface area (Å²) >= 11 is 7.68. The first-order valence-electron chi connectivity index (χ1n) is 6.66. The third kappa shape index (κ3) is 4.49. The number of anilines is 2. The molecule has 0 amide bonds. The van der Waals surface area contributed by atoms with Crippen LogP contribution in [0.2, 0.25) is 5.02 Å². The largest absolute Gasteiger partial charge is 0.383 e. The fraction of sp³-hybridized carbons (Fsp3) is 0.286. The van der Waals surface area contributed by atoms with Gasteiger partial charge in [-0.2, -0.15) is 0 Å². The van der Waals surface area contributed by atoms with Crippen LogP contribution < -0.4 is 16.8 Å². The van der Waals surface area contributed by atoms with Gasteiger partial charge in [0.25, 0.3) is 0 Å². The van der Waals surface area contributed by atoms with Crippen LogP contribution >= 0.6 is 23.4 Å². The van der Waals surface area contributed by atoms with Gasteiger partial charge in [0, 0.05) is 17.5 Å².